The Hall–Kier alpha value is -2.42. The first-order valence-corrected chi connectivity index (χ1v) is 46.6. The van der Waals surface area contributed by atoms with Gasteiger partial charge in [0.25, 0.3) is 8.32 Å². The van der Waals surface area contributed by atoms with Crippen molar-refractivity contribution >= 4 is 72.3 Å². The largest absolute Gasteiger partial charge is 0.389 e. The molecule has 3 aliphatic rings. The third kappa shape index (κ3) is 7.95. The minimum absolute atomic E-state index is 0.0166. The Morgan fingerprint density at radius 2 is 0.721 bits per heavy atom. The molecular formula is C53H78OSi7. The first-order valence-electron chi connectivity index (χ1n) is 23.3. The fourth-order valence-corrected chi connectivity index (χ4v) is 58.0. The highest BCUT2D eigenvalue weighted by Gasteiger charge is 2.66. The van der Waals surface area contributed by atoms with Gasteiger partial charge in [0.15, 0.2) is 0 Å². The molecule has 3 aliphatic heterocycles. The van der Waals surface area contributed by atoms with E-state index >= 15 is 0 Å². The zero-order valence-electron chi connectivity index (χ0n) is 41.3. The van der Waals surface area contributed by atoms with Crippen LogP contribution in [0.15, 0.2) is 121 Å². The highest BCUT2D eigenvalue weighted by atomic mass is 28.4. The highest BCUT2D eigenvalue weighted by molar-refractivity contribution is 7.10. The summed E-state index contributed by atoms with van der Waals surface area (Å²) in [7, 11) is -14.2. The molecule has 0 fully saturated rings. The summed E-state index contributed by atoms with van der Waals surface area (Å²) in [5, 5.41) is 6.41. The lowest BCUT2D eigenvalue weighted by Crippen LogP contribution is -2.81. The van der Waals surface area contributed by atoms with Crippen molar-refractivity contribution in [3.05, 3.63) is 160 Å². The second-order valence-electron chi connectivity index (χ2n) is 25.4. The fourth-order valence-electron chi connectivity index (χ4n) is 14.1. The van der Waals surface area contributed by atoms with Gasteiger partial charge in [-0.2, -0.15) is 0 Å². The van der Waals surface area contributed by atoms with E-state index in [-0.39, 0.29) is 5.92 Å². The Kier molecular flexibility index (Phi) is 11.9. The van der Waals surface area contributed by atoms with E-state index < -0.39 is 62.4 Å². The van der Waals surface area contributed by atoms with Gasteiger partial charge in [0.2, 0.25) is 0 Å². The van der Waals surface area contributed by atoms with Crippen LogP contribution >= 0.6 is 0 Å². The van der Waals surface area contributed by atoms with Gasteiger partial charge in [0.1, 0.15) is 5.60 Å². The number of hydrogen-bond donors (Lipinski definition) is 0. The average Bonchev–Trinajstić information content (AvgIpc) is 3.12. The third-order valence-corrected chi connectivity index (χ3v) is 46.4. The van der Waals surface area contributed by atoms with Crippen LogP contribution in [0.5, 0.6) is 0 Å². The van der Waals surface area contributed by atoms with Crippen LogP contribution in [0.25, 0.3) is 0 Å². The molecule has 0 saturated heterocycles. The van der Waals surface area contributed by atoms with Crippen LogP contribution in [0.2, 0.25) is 118 Å². The molecule has 5 aromatic carbocycles. The van der Waals surface area contributed by atoms with E-state index in [0.717, 1.165) is 0 Å². The van der Waals surface area contributed by atoms with Crippen molar-refractivity contribution in [2.45, 2.75) is 145 Å². The lowest BCUT2D eigenvalue weighted by atomic mass is 9.69. The first kappa shape index (κ1) is 46.6. The quantitative estimate of drug-likeness (QED) is 0.113. The molecule has 8 heteroatoms. The van der Waals surface area contributed by atoms with Crippen LogP contribution in [0, 0.1) is 0 Å². The van der Waals surface area contributed by atoms with E-state index in [1.54, 1.807) is 21.9 Å². The summed E-state index contributed by atoms with van der Waals surface area (Å²) in [5.41, 5.74) is 9.89. The summed E-state index contributed by atoms with van der Waals surface area (Å²) < 4.78 is 8.96. The Bertz CT molecular complexity index is 2200. The predicted molar refractivity (Wildman–Crippen MR) is 289 cm³/mol. The van der Waals surface area contributed by atoms with Crippen molar-refractivity contribution in [3.8, 4) is 0 Å². The van der Waals surface area contributed by atoms with E-state index in [4.69, 9.17) is 4.43 Å². The van der Waals surface area contributed by atoms with Crippen molar-refractivity contribution in [1.82, 2.24) is 0 Å². The zero-order chi connectivity index (χ0) is 44.9. The molecule has 3 heterocycles. The monoisotopic (exact) mass is 926 g/mol. The Morgan fingerprint density at radius 1 is 0.410 bits per heavy atom. The maximum absolute atomic E-state index is 8.96. The molecule has 0 saturated carbocycles. The summed E-state index contributed by atoms with van der Waals surface area (Å²) in [6, 6.07) is 48.1. The maximum Gasteiger partial charge on any atom is 0.290 e. The lowest BCUT2D eigenvalue weighted by Gasteiger charge is -2.60. The molecule has 0 atom stereocenters. The van der Waals surface area contributed by atoms with Crippen molar-refractivity contribution in [2.75, 3.05) is 0 Å². The molecule has 1 nitrogen and oxygen atoms in total. The van der Waals surface area contributed by atoms with Crippen LogP contribution in [-0.4, -0.2) is 56.8 Å². The summed E-state index contributed by atoms with van der Waals surface area (Å²) in [6.07, 6.45) is 0. The summed E-state index contributed by atoms with van der Waals surface area (Å²) in [6.45, 7) is 48.5. The molecule has 0 spiro atoms. The summed E-state index contributed by atoms with van der Waals surface area (Å²) in [4.78, 5) is 0. The van der Waals surface area contributed by atoms with E-state index in [9.17, 15) is 0 Å². The van der Waals surface area contributed by atoms with E-state index in [2.05, 4.69) is 239 Å². The second kappa shape index (κ2) is 15.6. The maximum atomic E-state index is 8.96. The van der Waals surface area contributed by atoms with Crippen LogP contribution < -0.4 is 15.6 Å². The van der Waals surface area contributed by atoms with Gasteiger partial charge < -0.3 is 4.43 Å². The third-order valence-electron chi connectivity index (χ3n) is 14.2. The van der Waals surface area contributed by atoms with E-state index in [0.29, 0.717) is 15.5 Å². The number of benzene rings is 5. The van der Waals surface area contributed by atoms with Gasteiger partial charge in [-0.15, -0.1) is 0 Å². The Labute approximate surface area is 379 Å². The van der Waals surface area contributed by atoms with Gasteiger partial charge in [-0.3, -0.25) is 0 Å². The molecule has 2 bridgehead atoms. The van der Waals surface area contributed by atoms with Gasteiger partial charge in [-0.05, 0) is 70.0 Å². The van der Waals surface area contributed by atoms with Gasteiger partial charge in [-0.1, -0.05) is 239 Å². The van der Waals surface area contributed by atoms with Crippen molar-refractivity contribution in [1.29, 1.82) is 0 Å². The Morgan fingerprint density at radius 3 is 1.05 bits per heavy atom. The second-order valence-corrected chi connectivity index (χ2v) is 62.2. The molecule has 5 aromatic rings. The van der Waals surface area contributed by atoms with Crippen molar-refractivity contribution in [3.63, 3.8) is 0 Å². The lowest BCUT2D eigenvalue weighted by molar-refractivity contribution is 0.0774. The molecule has 324 valence electrons. The standard InChI is InChI=1S/C53H78OSi7/c1-55(2,3)50(56(4,5)6)39-37-44(51(57(7,8)9)58(10,11)12)49(45(38-39)52(59(13,14)15)60(16,17)18)61-46-35-27-25-33-42(46)48(43-34-26-28-36-47(43)61)53(54-61,40-29-21-19-22-30-40)41-31-23-20-24-32-41/h19-38,48,50-52H,1-18H3. The topological polar surface area (TPSA) is 9.23 Å². The fraction of sp³-hybridized carbons (Fsp3) is 0.434. The number of fused-ring (bicyclic) bond motifs is 1. The molecule has 0 radical (unpaired) electrons. The van der Waals surface area contributed by atoms with Gasteiger partial charge in [-0.25, -0.2) is 0 Å². The van der Waals surface area contributed by atoms with Crippen molar-refractivity contribution < 1.29 is 4.43 Å². The normalized spacial score (nSPS) is 19.4. The van der Waals surface area contributed by atoms with Crippen LogP contribution in [0.1, 0.15) is 60.4 Å². The van der Waals surface area contributed by atoms with Crippen LogP contribution in [0.4, 0.5) is 0 Å². The highest BCUT2D eigenvalue weighted by Crippen LogP contribution is 2.57. The molecule has 0 unspecified atom stereocenters. The minimum Gasteiger partial charge on any atom is -0.389 e. The van der Waals surface area contributed by atoms with Gasteiger partial charge in [0.05, 0.1) is 0 Å². The smallest absolute Gasteiger partial charge is 0.290 e. The molecular weight excluding hydrogens is 849 g/mol. The zero-order valence-corrected chi connectivity index (χ0v) is 48.3. The molecule has 61 heavy (non-hydrogen) atoms. The predicted octanol–water partition coefficient (Wildman–Crippen LogP) is 13.6. The molecule has 0 aliphatic carbocycles. The molecule has 0 N–H and O–H groups in total. The van der Waals surface area contributed by atoms with Gasteiger partial charge >= 0.3 is 0 Å². The summed E-state index contributed by atoms with van der Waals surface area (Å²) in [5.74, 6) is 0.0166. The SMILES string of the molecule is C[Si](C)(C)C(c1cc(C([Si](C)(C)C)[Si](C)(C)C)c([Si]23OC(c4ccccc4)(c4ccccc4)C(c4ccccc42)c2ccccc23)c(C([Si](C)(C)C)[Si](C)(C)C)c1)[Si](C)(C)C. The number of rotatable bonds is 12. The van der Waals surface area contributed by atoms with E-state index in [1.807, 2.05) is 0 Å². The average molecular weight is 928 g/mol. The molecule has 0 amide bonds. The molecule has 0 aromatic heterocycles. The van der Waals surface area contributed by atoms with Crippen molar-refractivity contribution in [2.24, 2.45) is 0 Å². The summed E-state index contributed by atoms with van der Waals surface area (Å²) >= 11 is 0. The van der Waals surface area contributed by atoms with Crippen LogP contribution in [0.3, 0.4) is 0 Å². The first-order chi connectivity index (χ1) is 28.1. The number of hydrogen-bond acceptors (Lipinski definition) is 1. The molecule has 8 rings (SSSR count). The van der Waals surface area contributed by atoms with Gasteiger partial charge in [0, 0.05) is 54.4 Å². The van der Waals surface area contributed by atoms with Crippen LogP contribution in [-0.2, 0) is 10.0 Å². The Balaban J connectivity index is 1.83. The minimum atomic E-state index is -3.38. The van der Waals surface area contributed by atoms with E-state index in [1.165, 1.54) is 32.6 Å².